The van der Waals surface area contributed by atoms with Crippen LogP contribution in [-0.2, 0) is 4.79 Å². The van der Waals surface area contributed by atoms with E-state index in [2.05, 4.69) is 36.7 Å². The minimum atomic E-state index is -0.561. The molecule has 0 aliphatic carbocycles. The third-order valence-electron chi connectivity index (χ3n) is 2.44. The van der Waals surface area contributed by atoms with Gasteiger partial charge in [0.25, 0.3) is 0 Å². The summed E-state index contributed by atoms with van der Waals surface area (Å²) >= 11 is 1.71. The molecule has 0 radical (unpaired) electrons. The summed E-state index contributed by atoms with van der Waals surface area (Å²) in [6.45, 7) is 7.41. The van der Waals surface area contributed by atoms with Crippen molar-refractivity contribution in [3.05, 3.63) is 11.1 Å². The van der Waals surface area contributed by atoms with Gasteiger partial charge >= 0.3 is 6.03 Å². The highest BCUT2D eigenvalue weighted by atomic mass is 32.2. The normalized spacial score (nSPS) is 16.4. The molecule has 122 valence electrons. The Hall–Kier alpha value is -1.41. The molecule has 0 aromatic carbocycles. The molecule has 7 N–H and O–H groups in total. The van der Waals surface area contributed by atoms with E-state index in [1.807, 2.05) is 5.41 Å². The Bertz CT molecular complexity index is 358. The van der Waals surface area contributed by atoms with Gasteiger partial charge in [-0.3, -0.25) is 4.79 Å². The fraction of sp³-hybridized carbons (Fsp3) is 0.692. The maximum atomic E-state index is 11.2. The second-order valence-electron chi connectivity index (χ2n) is 4.88. The van der Waals surface area contributed by atoms with Crippen LogP contribution >= 0.6 is 11.8 Å². The van der Waals surface area contributed by atoms with Crippen molar-refractivity contribution in [1.29, 1.82) is 0 Å². The maximum absolute atomic E-state index is 11.2. The highest BCUT2D eigenvalue weighted by Crippen LogP contribution is 2.25. The number of rotatable bonds is 6. The molecule has 1 heterocycles. The number of nitrogens with two attached hydrogens (primary N) is 2. The summed E-state index contributed by atoms with van der Waals surface area (Å²) in [5.41, 5.74) is 10.9. The molecule has 0 saturated carbocycles. The molecule has 0 aromatic heterocycles. The smallest absolute Gasteiger partial charge is 0.315 e. The zero-order valence-corrected chi connectivity index (χ0v) is 13.8. The second-order valence-corrected chi connectivity index (χ2v) is 5.90. The molecule has 8 heteroatoms. The van der Waals surface area contributed by atoms with Crippen molar-refractivity contribution in [3.63, 3.8) is 0 Å². The van der Waals surface area contributed by atoms with Crippen molar-refractivity contribution in [2.75, 3.05) is 19.6 Å². The minimum Gasteiger partial charge on any atom is -0.374 e. The first kappa shape index (κ1) is 19.6. The van der Waals surface area contributed by atoms with Crippen LogP contribution in [0.3, 0.4) is 0 Å². The molecule has 1 unspecified atom stereocenters. The van der Waals surface area contributed by atoms with E-state index in [-0.39, 0.29) is 6.54 Å². The number of carbonyl (C=O) groups is 2. The largest absolute Gasteiger partial charge is 0.374 e. The lowest BCUT2D eigenvalue weighted by Gasteiger charge is -2.16. The van der Waals surface area contributed by atoms with Gasteiger partial charge in [-0.25, -0.2) is 4.79 Å². The van der Waals surface area contributed by atoms with Crippen LogP contribution < -0.4 is 27.4 Å². The quantitative estimate of drug-likeness (QED) is 0.482. The van der Waals surface area contributed by atoms with E-state index >= 15 is 0 Å². The van der Waals surface area contributed by atoms with Gasteiger partial charge in [-0.2, -0.15) is 0 Å². The van der Waals surface area contributed by atoms with E-state index in [0.29, 0.717) is 17.8 Å². The number of urea groups is 1. The lowest BCUT2D eigenvalue weighted by atomic mass is 10.2. The Kier molecular flexibility index (Phi) is 10.5. The average Bonchev–Trinajstić information content (AvgIpc) is 2.92. The summed E-state index contributed by atoms with van der Waals surface area (Å²) in [5.74, 6) is -0.0359. The fourth-order valence-corrected chi connectivity index (χ4v) is 2.22. The van der Waals surface area contributed by atoms with Crippen molar-refractivity contribution in [2.24, 2.45) is 17.4 Å². The van der Waals surface area contributed by atoms with Gasteiger partial charge in [0.2, 0.25) is 5.91 Å². The van der Waals surface area contributed by atoms with Gasteiger partial charge in [0.05, 0.1) is 18.5 Å². The van der Waals surface area contributed by atoms with Gasteiger partial charge in [-0.15, -0.1) is 11.8 Å². The summed E-state index contributed by atoms with van der Waals surface area (Å²) in [5, 5.41) is 10.7. The maximum Gasteiger partial charge on any atom is 0.315 e. The molecule has 7 nitrogen and oxygen atoms in total. The third-order valence-corrected chi connectivity index (χ3v) is 3.82. The van der Waals surface area contributed by atoms with Crippen LogP contribution in [0.25, 0.3) is 0 Å². The molecule has 0 spiro atoms. The first-order valence-corrected chi connectivity index (χ1v) is 7.96. The van der Waals surface area contributed by atoms with E-state index in [9.17, 15) is 9.59 Å². The third kappa shape index (κ3) is 10.0. The number of carbonyl (C=O) groups excluding carboxylic acids is 2. The number of hydrogen-bond donors (Lipinski definition) is 5. The van der Waals surface area contributed by atoms with E-state index in [0.717, 1.165) is 18.7 Å². The summed E-state index contributed by atoms with van der Waals surface area (Å²) in [7, 11) is 0. The topological polar surface area (TPSA) is 122 Å². The predicted molar refractivity (Wildman–Crippen MR) is 87.4 cm³/mol. The van der Waals surface area contributed by atoms with E-state index in [4.69, 9.17) is 11.5 Å². The lowest BCUT2D eigenvalue weighted by molar-refractivity contribution is -0.117. The molecule has 3 amide bonds. The number of thioether (sulfide) groups is 1. The van der Waals surface area contributed by atoms with Crippen LogP contribution in [-0.4, -0.2) is 36.9 Å². The predicted octanol–water partition coefficient (Wildman–Crippen LogP) is 0.286. The van der Waals surface area contributed by atoms with Crippen LogP contribution in [0.15, 0.2) is 11.1 Å². The second kappa shape index (κ2) is 11.3. The monoisotopic (exact) mass is 317 g/mol. The lowest BCUT2D eigenvalue weighted by Crippen LogP contribution is -2.42. The molecule has 0 aromatic rings. The first-order chi connectivity index (χ1) is 9.90. The Morgan fingerprint density at radius 1 is 1.43 bits per heavy atom. The van der Waals surface area contributed by atoms with E-state index < -0.39 is 11.9 Å². The van der Waals surface area contributed by atoms with Crippen LogP contribution in [0.2, 0.25) is 0 Å². The fourth-order valence-electron chi connectivity index (χ4n) is 1.23. The van der Waals surface area contributed by atoms with Gasteiger partial charge in [0, 0.05) is 5.70 Å². The van der Waals surface area contributed by atoms with Gasteiger partial charge < -0.3 is 27.4 Å². The Balaban J connectivity index is 0.000000885. The highest BCUT2D eigenvalue weighted by molar-refractivity contribution is 8.02. The first-order valence-electron chi connectivity index (χ1n) is 7.01. The minimum absolute atomic E-state index is 0.151. The molecular weight excluding hydrogens is 290 g/mol. The van der Waals surface area contributed by atoms with Crippen LogP contribution in [0.4, 0.5) is 4.79 Å². The molecular formula is C13H27N5O2S. The van der Waals surface area contributed by atoms with Crippen molar-refractivity contribution in [2.45, 2.75) is 32.6 Å². The van der Waals surface area contributed by atoms with Crippen molar-refractivity contribution < 1.29 is 9.59 Å². The van der Waals surface area contributed by atoms with Crippen LogP contribution in [0.1, 0.15) is 27.2 Å². The standard InChI is InChI=1S/C10H18N4O2S.C3H9N/c1-6(2)9-14-7(5-17-9)3-12-10(16)13-4-8(11)15;1-2-3-4/h5-6,9,14H,3-4H2,1-2H3,(H2,11,15)(H2,12,13,16);2-4H2,1H3. The van der Waals surface area contributed by atoms with Crippen molar-refractivity contribution in [3.8, 4) is 0 Å². The van der Waals surface area contributed by atoms with Gasteiger partial charge in [0.1, 0.15) is 0 Å². The van der Waals surface area contributed by atoms with Gasteiger partial charge in [-0.05, 0) is 24.3 Å². The average molecular weight is 317 g/mol. The Morgan fingerprint density at radius 3 is 2.48 bits per heavy atom. The summed E-state index contributed by atoms with van der Waals surface area (Å²) < 4.78 is 0. The number of nitrogens with one attached hydrogen (secondary N) is 3. The summed E-state index contributed by atoms with van der Waals surface area (Å²) in [4.78, 5) is 21.7. The van der Waals surface area contributed by atoms with Gasteiger partial charge in [0.15, 0.2) is 0 Å². The number of primary amides is 1. The summed E-state index contributed by atoms with van der Waals surface area (Å²) in [6.07, 6.45) is 1.10. The van der Waals surface area contributed by atoms with Crippen LogP contribution in [0, 0.1) is 5.92 Å². The molecule has 1 aliphatic rings. The highest BCUT2D eigenvalue weighted by Gasteiger charge is 2.19. The van der Waals surface area contributed by atoms with Gasteiger partial charge in [-0.1, -0.05) is 20.8 Å². The van der Waals surface area contributed by atoms with Crippen molar-refractivity contribution >= 4 is 23.7 Å². The molecule has 1 atom stereocenters. The van der Waals surface area contributed by atoms with E-state index in [1.54, 1.807) is 11.8 Å². The molecule has 0 bridgehead atoms. The SMILES string of the molecule is CC(C)C1NC(CNC(=O)NCC(N)=O)=CS1.CCCN. The van der Waals surface area contributed by atoms with E-state index in [1.165, 1.54) is 0 Å². The zero-order valence-electron chi connectivity index (χ0n) is 12.9. The Labute approximate surface area is 130 Å². The molecule has 0 saturated heterocycles. The molecule has 0 fully saturated rings. The number of hydrogen-bond acceptors (Lipinski definition) is 5. The Morgan fingerprint density at radius 2 is 2.05 bits per heavy atom. The zero-order chi connectivity index (χ0) is 16.3. The van der Waals surface area contributed by atoms with Crippen LogP contribution in [0.5, 0.6) is 0 Å². The molecule has 1 rings (SSSR count). The molecule has 21 heavy (non-hydrogen) atoms. The molecule has 1 aliphatic heterocycles. The summed E-state index contributed by atoms with van der Waals surface area (Å²) in [6, 6.07) is -0.399. The number of amides is 3. The van der Waals surface area contributed by atoms with Crippen molar-refractivity contribution in [1.82, 2.24) is 16.0 Å².